The number of esters is 1. The minimum Gasteiger partial charge on any atom is -0.452 e. The number of halogens is 4. The maximum Gasteiger partial charge on any atom is 0.416 e. The molecular weight excluding hydrogens is 417 g/mol. The predicted octanol–water partition coefficient (Wildman–Crippen LogP) is 4.87. The first kappa shape index (κ1) is 18.1. The molecule has 0 amide bonds. The van der Waals surface area contributed by atoms with Crippen LogP contribution < -0.4 is 0 Å². The molecule has 3 aromatic rings. The summed E-state index contributed by atoms with van der Waals surface area (Å²) in [7, 11) is 0. The molecule has 2 aromatic carbocycles. The van der Waals surface area contributed by atoms with E-state index in [1.807, 2.05) is 6.07 Å². The molecule has 0 saturated heterocycles. The van der Waals surface area contributed by atoms with Gasteiger partial charge in [-0.2, -0.15) is 13.2 Å². The molecule has 0 bridgehead atoms. The molecule has 1 heterocycles. The van der Waals surface area contributed by atoms with E-state index in [4.69, 9.17) is 9.15 Å². The topological polar surface area (TPSA) is 65.2 Å². The van der Waals surface area contributed by atoms with Crippen molar-refractivity contribution in [2.24, 2.45) is 0 Å². The van der Waals surface area contributed by atoms with Gasteiger partial charge in [-0.05, 0) is 46.3 Å². The lowest BCUT2D eigenvalue weighted by molar-refractivity contribution is -0.137. The van der Waals surface area contributed by atoms with Crippen molar-refractivity contribution in [3.05, 3.63) is 70.0 Å². The second-order valence-electron chi connectivity index (χ2n) is 5.14. The Bertz CT molecular complexity index is 941. The fourth-order valence-corrected chi connectivity index (χ4v) is 2.54. The molecule has 0 aliphatic heterocycles. The van der Waals surface area contributed by atoms with Crippen molar-refractivity contribution in [3.8, 4) is 11.5 Å². The van der Waals surface area contributed by atoms with E-state index in [1.54, 1.807) is 18.2 Å². The van der Waals surface area contributed by atoms with Gasteiger partial charge in [0, 0.05) is 4.47 Å². The Morgan fingerprint density at radius 2 is 1.88 bits per heavy atom. The Balaban J connectivity index is 1.68. The summed E-state index contributed by atoms with van der Waals surface area (Å²) >= 11 is 3.35. The van der Waals surface area contributed by atoms with Crippen molar-refractivity contribution in [2.75, 3.05) is 0 Å². The van der Waals surface area contributed by atoms with Gasteiger partial charge in [-0.1, -0.05) is 18.2 Å². The van der Waals surface area contributed by atoms with Crippen molar-refractivity contribution in [1.29, 1.82) is 0 Å². The Kier molecular flexibility index (Phi) is 5.08. The minimum absolute atomic E-state index is 0.0241. The van der Waals surface area contributed by atoms with Crippen LogP contribution in [0.5, 0.6) is 0 Å². The zero-order valence-electron chi connectivity index (χ0n) is 13.0. The second-order valence-corrected chi connectivity index (χ2v) is 5.99. The quantitative estimate of drug-likeness (QED) is 0.556. The molecule has 0 radical (unpaired) electrons. The highest BCUT2D eigenvalue weighted by atomic mass is 79.9. The maximum atomic E-state index is 12.7. The molecule has 0 saturated carbocycles. The number of carbonyl (C=O) groups is 1. The number of nitrogens with zero attached hydrogens (tertiary/aromatic N) is 2. The molecule has 0 aliphatic rings. The summed E-state index contributed by atoms with van der Waals surface area (Å²) in [6, 6.07) is 11.1. The van der Waals surface area contributed by atoms with Gasteiger partial charge in [-0.15, -0.1) is 10.2 Å². The smallest absolute Gasteiger partial charge is 0.416 e. The summed E-state index contributed by atoms with van der Waals surface area (Å²) in [5, 5.41) is 7.62. The molecule has 5 nitrogen and oxygen atoms in total. The van der Waals surface area contributed by atoms with Crippen LogP contribution in [-0.2, 0) is 17.5 Å². The molecule has 0 N–H and O–H groups in total. The van der Waals surface area contributed by atoms with Gasteiger partial charge in [0.25, 0.3) is 5.89 Å². The Morgan fingerprint density at radius 3 is 2.62 bits per heavy atom. The van der Waals surface area contributed by atoms with Gasteiger partial charge < -0.3 is 9.15 Å². The van der Waals surface area contributed by atoms with E-state index >= 15 is 0 Å². The first-order valence-corrected chi connectivity index (χ1v) is 8.05. The van der Waals surface area contributed by atoms with Crippen molar-refractivity contribution < 1.29 is 27.1 Å². The van der Waals surface area contributed by atoms with E-state index in [1.165, 1.54) is 6.07 Å². The molecule has 26 heavy (non-hydrogen) atoms. The van der Waals surface area contributed by atoms with E-state index in [-0.39, 0.29) is 24.0 Å². The van der Waals surface area contributed by atoms with Gasteiger partial charge in [-0.25, -0.2) is 4.79 Å². The van der Waals surface area contributed by atoms with Crippen LogP contribution in [0.2, 0.25) is 0 Å². The van der Waals surface area contributed by atoms with Crippen molar-refractivity contribution in [2.45, 2.75) is 12.8 Å². The van der Waals surface area contributed by atoms with Crippen LogP contribution in [0.4, 0.5) is 13.2 Å². The van der Waals surface area contributed by atoms with Gasteiger partial charge in [0.1, 0.15) is 0 Å². The van der Waals surface area contributed by atoms with Crippen LogP contribution in [-0.4, -0.2) is 16.2 Å². The van der Waals surface area contributed by atoms with Gasteiger partial charge in [0.05, 0.1) is 16.7 Å². The summed E-state index contributed by atoms with van der Waals surface area (Å²) in [4.78, 5) is 11.9. The van der Waals surface area contributed by atoms with Crippen LogP contribution in [0, 0.1) is 0 Å². The third-order valence-electron chi connectivity index (χ3n) is 3.32. The molecule has 0 spiro atoms. The lowest BCUT2D eigenvalue weighted by Crippen LogP contribution is -2.09. The highest BCUT2D eigenvalue weighted by Crippen LogP contribution is 2.30. The fourth-order valence-electron chi connectivity index (χ4n) is 2.09. The van der Waals surface area contributed by atoms with Crippen molar-refractivity contribution in [1.82, 2.24) is 10.2 Å². The lowest BCUT2D eigenvalue weighted by atomic mass is 10.1. The van der Waals surface area contributed by atoms with E-state index in [2.05, 4.69) is 26.1 Å². The normalized spacial score (nSPS) is 11.4. The first-order chi connectivity index (χ1) is 12.3. The number of carbonyl (C=O) groups excluding carboxylic acids is 1. The third kappa shape index (κ3) is 4.10. The van der Waals surface area contributed by atoms with Crippen LogP contribution in [0.3, 0.4) is 0 Å². The fraction of sp³-hybridized carbons (Fsp3) is 0.118. The average Bonchev–Trinajstić information content (AvgIpc) is 3.08. The largest absolute Gasteiger partial charge is 0.452 e. The minimum atomic E-state index is -4.54. The van der Waals surface area contributed by atoms with Gasteiger partial charge >= 0.3 is 12.1 Å². The number of alkyl halides is 3. The molecule has 3 rings (SSSR count). The highest BCUT2D eigenvalue weighted by Gasteiger charge is 2.31. The number of ether oxygens (including phenoxy) is 1. The predicted molar refractivity (Wildman–Crippen MR) is 88.0 cm³/mol. The van der Waals surface area contributed by atoms with Crippen molar-refractivity contribution >= 4 is 21.9 Å². The van der Waals surface area contributed by atoms with Crippen LogP contribution in [0.15, 0.2) is 57.4 Å². The average molecular weight is 427 g/mol. The molecule has 9 heteroatoms. The summed E-state index contributed by atoms with van der Waals surface area (Å²) in [5.41, 5.74) is -0.484. The van der Waals surface area contributed by atoms with E-state index < -0.39 is 17.7 Å². The summed E-state index contributed by atoms with van der Waals surface area (Å²) < 4.78 is 49.2. The molecule has 134 valence electrons. The monoisotopic (exact) mass is 426 g/mol. The number of aromatic nitrogens is 2. The van der Waals surface area contributed by atoms with E-state index in [0.717, 1.165) is 22.7 Å². The summed E-state index contributed by atoms with van der Waals surface area (Å²) in [6.07, 6.45) is -4.54. The van der Waals surface area contributed by atoms with E-state index in [0.29, 0.717) is 5.56 Å². The number of hydrogen-bond acceptors (Lipinski definition) is 5. The maximum absolute atomic E-state index is 12.7. The zero-order chi connectivity index (χ0) is 18.7. The number of benzene rings is 2. The van der Waals surface area contributed by atoms with Crippen LogP contribution in [0.25, 0.3) is 11.5 Å². The molecule has 0 unspecified atom stereocenters. The zero-order valence-corrected chi connectivity index (χ0v) is 14.5. The van der Waals surface area contributed by atoms with Gasteiger partial charge in [0.2, 0.25) is 5.89 Å². The second kappa shape index (κ2) is 7.28. The van der Waals surface area contributed by atoms with Crippen LogP contribution >= 0.6 is 15.9 Å². The summed E-state index contributed by atoms with van der Waals surface area (Å²) in [5.74, 6) is -0.671. The van der Waals surface area contributed by atoms with Crippen LogP contribution in [0.1, 0.15) is 21.8 Å². The molecule has 0 atom stereocenters. The summed E-state index contributed by atoms with van der Waals surface area (Å²) in [6.45, 7) is -0.355. The first-order valence-electron chi connectivity index (χ1n) is 7.26. The standard InChI is InChI=1S/C17H10BrF3N2O3/c18-13-7-2-1-6-12(13)15-23-22-14(26-15)9-25-16(24)10-4-3-5-11(8-10)17(19,20)21/h1-8H,9H2. The molecule has 0 aliphatic carbocycles. The number of rotatable bonds is 4. The molecular formula is C17H10BrF3N2O3. The third-order valence-corrected chi connectivity index (χ3v) is 4.01. The lowest BCUT2D eigenvalue weighted by Gasteiger charge is -2.08. The number of hydrogen-bond donors (Lipinski definition) is 0. The van der Waals surface area contributed by atoms with Gasteiger partial charge in [-0.3, -0.25) is 0 Å². The molecule has 0 fully saturated rings. The van der Waals surface area contributed by atoms with Crippen molar-refractivity contribution in [3.63, 3.8) is 0 Å². The molecule has 1 aromatic heterocycles. The van der Waals surface area contributed by atoms with Gasteiger partial charge in [0.15, 0.2) is 6.61 Å². The Labute approximate surface area is 153 Å². The Morgan fingerprint density at radius 1 is 1.12 bits per heavy atom. The SMILES string of the molecule is O=C(OCc1nnc(-c2ccccc2Br)o1)c1cccc(C(F)(F)F)c1. The highest BCUT2D eigenvalue weighted by molar-refractivity contribution is 9.10. The van der Waals surface area contributed by atoms with E-state index in [9.17, 15) is 18.0 Å². The Hall–Kier alpha value is -2.68.